The van der Waals surface area contributed by atoms with Crippen molar-refractivity contribution in [3.8, 4) is 0 Å². The van der Waals surface area contributed by atoms with Gasteiger partial charge in [-0.3, -0.25) is 0 Å². The fraction of sp³-hybridized carbons (Fsp3) is 0.895. The zero-order valence-corrected chi connectivity index (χ0v) is 14.3. The molecule has 1 fully saturated rings. The molecule has 3 rings (SSSR count). The van der Waals surface area contributed by atoms with Crippen LogP contribution in [0.25, 0.3) is 0 Å². The van der Waals surface area contributed by atoms with Crippen LogP contribution in [0.5, 0.6) is 0 Å². The minimum atomic E-state index is 0.361. The van der Waals surface area contributed by atoms with Gasteiger partial charge in [-0.1, -0.05) is 31.4 Å². The van der Waals surface area contributed by atoms with Gasteiger partial charge in [-0.25, -0.2) is 0 Å². The summed E-state index contributed by atoms with van der Waals surface area (Å²) in [6, 6.07) is 0. The van der Waals surface area contributed by atoms with Crippen molar-refractivity contribution in [3.05, 3.63) is 11.1 Å². The molecule has 4 atom stereocenters. The van der Waals surface area contributed by atoms with Crippen LogP contribution >= 0.6 is 0 Å². The van der Waals surface area contributed by atoms with Crippen LogP contribution in [0.2, 0.25) is 0 Å². The summed E-state index contributed by atoms with van der Waals surface area (Å²) in [7, 11) is 3.75. The highest BCUT2D eigenvalue weighted by Gasteiger charge is 2.53. The van der Waals surface area contributed by atoms with E-state index in [4.69, 9.17) is 9.47 Å². The highest BCUT2D eigenvalue weighted by Crippen LogP contribution is 2.61. The van der Waals surface area contributed by atoms with Crippen molar-refractivity contribution in [2.24, 2.45) is 16.7 Å². The topological polar surface area (TPSA) is 18.5 Å². The Kier molecular flexibility index (Phi) is 4.22. The maximum atomic E-state index is 5.71. The summed E-state index contributed by atoms with van der Waals surface area (Å²) < 4.78 is 11.3. The quantitative estimate of drug-likeness (QED) is 0.700. The molecular weight excluding hydrogens is 260 g/mol. The van der Waals surface area contributed by atoms with Crippen LogP contribution in [0, 0.1) is 16.7 Å². The van der Waals surface area contributed by atoms with Gasteiger partial charge in [-0.05, 0) is 61.7 Å². The Morgan fingerprint density at radius 1 is 1.10 bits per heavy atom. The molecule has 0 aromatic carbocycles. The second-order valence-electron chi connectivity index (χ2n) is 8.13. The van der Waals surface area contributed by atoms with Crippen LogP contribution in [0.1, 0.15) is 65.2 Å². The minimum Gasteiger partial charge on any atom is -0.384 e. The lowest BCUT2D eigenvalue weighted by molar-refractivity contribution is -0.0558. The van der Waals surface area contributed by atoms with E-state index in [0.29, 0.717) is 16.9 Å². The molecule has 0 aromatic heterocycles. The van der Waals surface area contributed by atoms with Crippen molar-refractivity contribution < 1.29 is 9.47 Å². The predicted molar refractivity (Wildman–Crippen MR) is 86.3 cm³/mol. The molecule has 2 heteroatoms. The van der Waals surface area contributed by atoms with Crippen LogP contribution in [-0.4, -0.2) is 26.9 Å². The Hall–Kier alpha value is -0.340. The zero-order valence-electron chi connectivity index (χ0n) is 14.3. The van der Waals surface area contributed by atoms with E-state index in [1.807, 2.05) is 14.2 Å². The molecule has 3 aliphatic carbocycles. The van der Waals surface area contributed by atoms with Crippen LogP contribution in [0.3, 0.4) is 0 Å². The van der Waals surface area contributed by atoms with Gasteiger partial charge in [0, 0.05) is 14.2 Å². The van der Waals surface area contributed by atoms with Crippen molar-refractivity contribution in [1.29, 1.82) is 0 Å². The first-order valence-electron chi connectivity index (χ1n) is 8.76. The average Bonchev–Trinajstić information content (AvgIpc) is 2.47. The van der Waals surface area contributed by atoms with Crippen LogP contribution < -0.4 is 0 Å². The Labute approximate surface area is 130 Å². The molecule has 0 bridgehead atoms. The summed E-state index contributed by atoms with van der Waals surface area (Å²) in [5.41, 5.74) is 4.32. The molecule has 0 radical (unpaired) electrons. The lowest BCUT2D eigenvalue weighted by Crippen LogP contribution is -2.49. The van der Waals surface area contributed by atoms with E-state index >= 15 is 0 Å². The van der Waals surface area contributed by atoms with Gasteiger partial charge >= 0.3 is 0 Å². The first kappa shape index (κ1) is 15.6. The second kappa shape index (κ2) is 5.70. The molecule has 0 N–H and O–H groups in total. The monoisotopic (exact) mass is 292 g/mol. The third-order valence-electron chi connectivity index (χ3n) is 6.91. The van der Waals surface area contributed by atoms with Gasteiger partial charge in [0.05, 0.1) is 12.7 Å². The first-order chi connectivity index (χ1) is 10.0. The first-order valence-corrected chi connectivity index (χ1v) is 8.76. The predicted octanol–water partition coefficient (Wildman–Crippen LogP) is 4.73. The highest BCUT2D eigenvalue weighted by atomic mass is 16.5. The number of allylic oxidation sites excluding steroid dienone is 1. The molecule has 1 saturated carbocycles. The van der Waals surface area contributed by atoms with E-state index in [1.54, 1.807) is 11.1 Å². The lowest BCUT2D eigenvalue weighted by atomic mass is 9.48. The number of hydrogen-bond donors (Lipinski definition) is 0. The van der Waals surface area contributed by atoms with Crippen molar-refractivity contribution >= 4 is 0 Å². The minimum absolute atomic E-state index is 0.361. The van der Waals surface area contributed by atoms with Crippen LogP contribution in [0.4, 0.5) is 0 Å². The van der Waals surface area contributed by atoms with Gasteiger partial charge in [-0.15, -0.1) is 0 Å². The maximum Gasteiger partial charge on any atom is 0.0611 e. The fourth-order valence-corrected chi connectivity index (χ4v) is 5.90. The largest absolute Gasteiger partial charge is 0.384 e. The summed E-state index contributed by atoms with van der Waals surface area (Å²) in [6.07, 6.45) is 10.9. The number of hydrogen-bond acceptors (Lipinski definition) is 2. The summed E-state index contributed by atoms with van der Waals surface area (Å²) in [5.74, 6) is 0.785. The molecule has 0 aliphatic heterocycles. The SMILES string of the molecule is COCC1(C)CCCC2(C)C3=C(CCC(OC)C3)CCC12. The van der Waals surface area contributed by atoms with Gasteiger partial charge in [-0.2, -0.15) is 0 Å². The van der Waals surface area contributed by atoms with E-state index in [9.17, 15) is 0 Å². The van der Waals surface area contributed by atoms with Gasteiger partial charge in [0.25, 0.3) is 0 Å². The highest BCUT2D eigenvalue weighted by molar-refractivity contribution is 5.31. The molecule has 0 heterocycles. The Morgan fingerprint density at radius 2 is 1.86 bits per heavy atom. The summed E-state index contributed by atoms with van der Waals surface area (Å²) in [4.78, 5) is 0. The molecule has 2 nitrogen and oxygen atoms in total. The molecule has 4 unspecified atom stereocenters. The normalized spacial score (nSPS) is 43.4. The molecule has 21 heavy (non-hydrogen) atoms. The summed E-state index contributed by atoms with van der Waals surface area (Å²) >= 11 is 0. The smallest absolute Gasteiger partial charge is 0.0611 e. The van der Waals surface area contributed by atoms with Crippen molar-refractivity contribution in [2.75, 3.05) is 20.8 Å². The third kappa shape index (κ3) is 2.49. The molecule has 0 spiro atoms. The van der Waals surface area contributed by atoms with E-state index in [1.165, 1.54) is 51.4 Å². The molecule has 3 aliphatic rings. The average molecular weight is 292 g/mol. The zero-order chi connectivity index (χ0) is 15.1. The number of ether oxygens (including phenoxy) is 2. The Bertz CT molecular complexity index is 423. The van der Waals surface area contributed by atoms with E-state index in [2.05, 4.69) is 13.8 Å². The lowest BCUT2D eigenvalue weighted by Gasteiger charge is -2.57. The van der Waals surface area contributed by atoms with Gasteiger partial charge in [0.15, 0.2) is 0 Å². The molecule has 0 amide bonds. The van der Waals surface area contributed by atoms with Crippen LogP contribution in [0.15, 0.2) is 11.1 Å². The van der Waals surface area contributed by atoms with Crippen molar-refractivity contribution in [3.63, 3.8) is 0 Å². The van der Waals surface area contributed by atoms with Crippen molar-refractivity contribution in [1.82, 2.24) is 0 Å². The van der Waals surface area contributed by atoms with E-state index in [0.717, 1.165) is 12.5 Å². The number of rotatable bonds is 3. The fourth-order valence-electron chi connectivity index (χ4n) is 5.90. The molecule has 0 aromatic rings. The summed E-state index contributed by atoms with van der Waals surface area (Å²) in [6.45, 7) is 5.95. The Morgan fingerprint density at radius 3 is 2.57 bits per heavy atom. The molecular formula is C19H32O2. The maximum absolute atomic E-state index is 5.71. The summed E-state index contributed by atoms with van der Waals surface area (Å²) in [5, 5.41) is 0. The van der Waals surface area contributed by atoms with Gasteiger partial charge in [0.2, 0.25) is 0 Å². The van der Waals surface area contributed by atoms with E-state index in [-0.39, 0.29) is 0 Å². The Balaban J connectivity index is 1.94. The second-order valence-corrected chi connectivity index (χ2v) is 8.13. The van der Waals surface area contributed by atoms with Gasteiger partial charge < -0.3 is 9.47 Å². The molecule has 120 valence electrons. The third-order valence-corrected chi connectivity index (χ3v) is 6.91. The number of fused-ring (bicyclic) bond motifs is 2. The number of methoxy groups -OCH3 is 2. The standard InChI is InChI=1S/C19H32O2/c1-18(13-20-3)10-5-11-19(2)16-12-15(21-4)8-6-14(16)7-9-17(18)19/h15,17H,5-13H2,1-4H3. The van der Waals surface area contributed by atoms with E-state index < -0.39 is 0 Å². The van der Waals surface area contributed by atoms with Crippen LogP contribution in [-0.2, 0) is 9.47 Å². The van der Waals surface area contributed by atoms with Crippen molar-refractivity contribution in [2.45, 2.75) is 71.3 Å². The van der Waals surface area contributed by atoms with Gasteiger partial charge in [0.1, 0.15) is 0 Å². The molecule has 0 saturated heterocycles.